The van der Waals surface area contributed by atoms with E-state index in [0.717, 1.165) is 13.2 Å². The molecule has 0 saturated carbocycles. The van der Waals surface area contributed by atoms with Crippen LogP contribution in [-0.4, -0.2) is 36.3 Å². The Morgan fingerprint density at radius 1 is 0.909 bits per heavy atom. The summed E-state index contributed by atoms with van der Waals surface area (Å²) in [6.07, 6.45) is 0.715. The van der Waals surface area contributed by atoms with E-state index >= 15 is 0 Å². The fourth-order valence-corrected chi connectivity index (χ4v) is 3.87. The van der Waals surface area contributed by atoms with Crippen molar-refractivity contribution in [2.24, 2.45) is 0 Å². The first-order valence-electron chi connectivity index (χ1n) is 3.64. The molecule has 3 aliphatic rings. The van der Waals surface area contributed by atoms with E-state index in [2.05, 4.69) is 0 Å². The van der Waals surface area contributed by atoms with Gasteiger partial charge in [-0.05, 0) is 0 Å². The summed E-state index contributed by atoms with van der Waals surface area (Å²) in [7, 11) is 3.56. The van der Waals surface area contributed by atoms with E-state index in [0.29, 0.717) is 12.2 Å². The molecule has 4 atom stereocenters. The van der Waals surface area contributed by atoms with E-state index in [1.54, 1.807) is 21.6 Å². The largest absolute Gasteiger partial charge is 0.369 e. The Hall–Kier alpha value is 0.580. The summed E-state index contributed by atoms with van der Waals surface area (Å²) < 4.78 is 16.0. The molecule has 62 valence electrons. The van der Waals surface area contributed by atoms with E-state index in [-0.39, 0.29) is 10.9 Å². The number of rotatable bonds is 2. The van der Waals surface area contributed by atoms with Gasteiger partial charge in [-0.3, -0.25) is 0 Å². The highest BCUT2D eigenvalue weighted by molar-refractivity contribution is 8.77. The van der Waals surface area contributed by atoms with E-state index in [9.17, 15) is 0 Å². The summed E-state index contributed by atoms with van der Waals surface area (Å²) in [6.45, 7) is 1.74. The highest BCUT2D eigenvalue weighted by Gasteiger charge is 2.46. The van der Waals surface area contributed by atoms with Gasteiger partial charge in [-0.15, -0.1) is 0 Å². The van der Waals surface area contributed by atoms with Crippen LogP contribution in [0, 0.1) is 0 Å². The van der Waals surface area contributed by atoms with Crippen molar-refractivity contribution in [3.63, 3.8) is 0 Å². The van der Waals surface area contributed by atoms with Crippen LogP contribution in [0.1, 0.15) is 0 Å². The van der Waals surface area contributed by atoms with Crippen molar-refractivity contribution < 1.29 is 14.2 Å². The number of hydrogen-bond donors (Lipinski definition) is 0. The molecular weight excluding hydrogens is 184 g/mol. The first-order valence-corrected chi connectivity index (χ1v) is 5.92. The first-order chi connectivity index (χ1) is 5.43. The van der Waals surface area contributed by atoms with Crippen LogP contribution in [0.4, 0.5) is 0 Å². The van der Waals surface area contributed by atoms with Crippen molar-refractivity contribution in [3.8, 4) is 0 Å². The quantitative estimate of drug-likeness (QED) is 0.478. The Morgan fingerprint density at radius 2 is 1.36 bits per heavy atom. The smallest absolute Gasteiger partial charge is 0.143 e. The maximum Gasteiger partial charge on any atom is 0.143 e. The zero-order valence-corrected chi connectivity index (χ0v) is 7.40. The predicted octanol–water partition coefficient (Wildman–Crippen LogP) is 0.848. The molecule has 0 aromatic rings. The average molecular weight is 192 g/mol. The van der Waals surface area contributed by atoms with Gasteiger partial charge in [0.15, 0.2) is 0 Å². The molecule has 0 amide bonds. The van der Waals surface area contributed by atoms with Gasteiger partial charge in [0.25, 0.3) is 0 Å². The Labute approximate surface area is 72.5 Å². The van der Waals surface area contributed by atoms with Gasteiger partial charge in [-0.25, -0.2) is 0 Å². The molecule has 0 bridgehead atoms. The van der Waals surface area contributed by atoms with E-state index < -0.39 is 0 Å². The van der Waals surface area contributed by atoms with Crippen LogP contribution >= 0.6 is 21.6 Å². The van der Waals surface area contributed by atoms with Crippen LogP contribution in [0.2, 0.25) is 0 Å². The fraction of sp³-hybridized carbons (Fsp3) is 1.00. The molecule has 3 nitrogen and oxygen atoms in total. The molecule has 3 heterocycles. The standard InChI is InChI=1S/C6H8O3S2/c1-3(7-1)5-9-6(11-10-5)4-2-8-4/h3-6H,1-2H2. The van der Waals surface area contributed by atoms with Crippen molar-refractivity contribution in [1.29, 1.82) is 0 Å². The normalized spacial score (nSPS) is 54.5. The highest BCUT2D eigenvalue weighted by atomic mass is 33.1. The molecule has 3 fully saturated rings. The zero-order chi connectivity index (χ0) is 7.26. The number of epoxide rings is 2. The van der Waals surface area contributed by atoms with Crippen LogP contribution < -0.4 is 0 Å². The SMILES string of the molecule is C1OC1C1OC(C2CO2)SS1. The monoisotopic (exact) mass is 192 g/mol. The molecule has 11 heavy (non-hydrogen) atoms. The van der Waals surface area contributed by atoms with Crippen molar-refractivity contribution in [2.75, 3.05) is 13.2 Å². The molecule has 3 rings (SSSR count). The molecule has 3 saturated heterocycles. The molecule has 0 spiro atoms. The highest BCUT2D eigenvalue weighted by Crippen LogP contribution is 2.48. The van der Waals surface area contributed by atoms with E-state index in [4.69, 9.17) is 14.2 Å². The second-order valence-corrected chi connectivity index (χ2v) is 5.28. The molecule has 0 radical (unpaired) electrons. The molecular formula is C6H8O3S2. The van der Waals surface area contributed by atoms with E-state index in [1.165, 1.54) is 0 Å². The third kappa shape index (κ3) is 1.40. The van der Waals surface area contributed by atoms with Crippen molar-refractivity contribution in [1.82, 2.24) is 0 Å². The number of ether oxygens (including phenoxy) is 3. The van der Waals surface area contributed by atoms with Gasteiger partial charge in [-0.1, -0.05) is 21.6 Å². The van der Waals surface area contributed by atoms with Gasteiger partial charge in [0, 0.05) is 0 Å². The van der Waals surface area contributed by atoms with Crippen LogP contribution in [-0.2, 0) is 14.2 Å². The summed E-state index contributed by atoms with van der Waals surface area (Å²) in [6, 6.07) is 0. The minimum absolute atomic E-state index is 0.259. The van der Waals surface area contributed by atoms with E-state index in [1.807, 2.05) is 0 Å². The molecule has 0 aromatic heterocycles. The Bertz CT molecular complexity index is 151. The van der Waals surface area contributed by atoms with Gasteiger partial charge in [0.05, 0.1) is 13.2 Å². The third-order valence-corrected chi connectivity index (χ3v) is 4.63. The lowest BCUT2D eigenvalue weighted by atomic mass is 10.5. The maximum atomic E-state index is 5.69. The zero-order valence-electron chi connectivity index (χ0n) is 5.76. The second-order valence-electron chi connectivity index (χ2n) is 2.81. The minimum atomic E-state index is 0.259. The molecule has 0 aromatic carbocycles. The van der Waals surface area contributed by atoms with Gasteiger partial charge in [0.2, 0.25) is 0 Å². The lowest BCUT2D eigenvalue weighted by Gasteiger charge is -2.05. The van der Waals surface area contributed by atoms with Crippen LogP contribution in [0.15, 0.2) is 0 Å². The Kier molecular flexibility index (Phi) is 1.62. The molecule has 0 N–H and O–H groups in total. The van der Waals surface area contributed by atoms with Gasteiger partial charge >= 0.3 is 0 Å². The summed E-state index contributed by atoms with van der Waals surface area (Å²) in [5.41, 5.74) is 0.517. The van der Waals surface area contributed by atoms with Gasteiger partial charge in [-0.2, -0.15) is 0 Å². The lowest BCUT2D eigenvalue weighted by Crippen LogP contribution is -2.18. The molecule has 5 heteroatoms. The average Bonchev–Trinajstić information content (AvgIpc) is 2.90. The predicted molar refractivity (Wildman–Crippen MR) is 43.3 cm³/mol. The van der Waals surface area contributed by atoms with Crippen molar-refractivity contribution in [2.45, 2.75) is 23.1 Å². The Balaban J connectivity index is 1.58. The van der Waals surface area contributed by atoms with Gasteiger partial charge in [0.1, 0.15) is 23.1 Å². The van der Waals surface area contributed by atoms with Crippen LogP contribution in [0.3, 0.4) is 0 Å². The fourth-order valence-electron chi connectivity index (χ4n) is 1.01. The van der Waals surface area contributed by atoms with Crippen molar-refractivity contribution in [3.05, 3.63) is 0 Å². The third-order valence-electron chi connectivity index (χ3n) is 1.84. The maximum absolute atomic E-state index is 5.69. The summed E-state index contributed by atoms with van der Waals surface area (Å²) in [4.78, 5) is 0. The second kappa shape index (κ2) is 2.53. The summed E-state index contributed by atoms with van der Waals surface area (Å²) >= 11 is 0. The molecule has 4 unspecified atom stereocenters. The van der Waals surface area contributed by atoms with Crippen molar-refractivity contribution >= 4 is 21.6 Å². The number of hydrogen-bond acceptors (Lipinski definition) is 5. The topological polar surface area (TPSA) is 34.3 Å². The molecule has 0 aliphatic carbocycles. The summed E-state index contributed by atoms with van der Waals surface area (Å²) in [5, 5.41) is 0. The minimum Gasteiger partial charge on any atom is -0.369 e. The summed E-state index contributed by atoms with van der Waals surface area (Å²) in [5.74, 6) is 0. The molecule has 3 aliphatic heterocycles. The lowest BCUT2D eigenvalue weighted by molar-refractivity contribution is 0.0642. The van der Waals surface area contributed by atoms with Crippen LogP contribution in [0.25, 0.3) is 0 Å². The Morgan fingerprint density at radius 3 is 1.73 bits per heavy atom. The van der Waals surface area contributed by atoms with Gasteiger partial charge < -0.3 is 14.2 Å². The first kappa shape index (κ1) is 7.03. The van der Waals surface area contributed by atoms with Crippen LogP contribution in [0.5, 0.6) is 0 Å².